The summed E-state index contributed by atoms with van der Waals surface area (Å²) in [4.78, 5) is 30.3. The number of morpholine rings is 1. The Hall–Kier alpha value is -2.39. The van der Waals surface area contributed by atoms with Crippen LogP contribution in [0, 0.1) is 5.82 Å². The van der Waals surface area contributed by atoms with Crippen LogP contribution in [0.5, 0.6) is 0 Å². The fourth-order valence-electron chi connectivity index (χ4n) is 4.55. The summed E-state index contributed by atoms with van der Waals surface area (Å²) < 4.78 is 20.4. The molecule has 2 saturated heterocycles. The Bertz CT molecular complexity index is 796. The molecule has 3 amide bonds. The van der Waals surface area contributed by atoms with E-state index in [1.165, 1.54) is 6.07 Å². The average molecular weight is 450 g/mol. The van der Waals surface area contributed by atoms with E-state index in [1.807, 2.05) is 18.7 Å². The molecule has 3 rings (SSSR count). The zero-order valence-corrected chi connectivity index (χ0v) is 19.6. The molecule has 0 bridgehead atoms. The van der Waals surface area contributed by atoms with E-state index in [0.29, 0.717) is 31.0 Å². The second-order valence-corrected chi connectivity index (χ2v) is 8.99. The van der Waals surface area contributed by atoms with Crippen LogP contribution in [0.1, 0.15) is 33.1 Å². The molecule has 0 aliphatic carbocycles. The number of likely N-dealkylation sites (N-methyl/N-ethyl adjacent to an activating group) is 1. The Kier molecular flexibility index (Phi) is 8.31. The third kappa shape index (κ3) is 6.32. The Morgan fingerprint density at radius 1 is 1.22 bits per heavy atom. The summed E-state index contributed by atoms with van der Waals surface area (Å²) in [5, 5.41) is 5.50. The van der Waals surface area contributed by atoms with E-state index in [2.05, 4.69) is 15.5 Å². The molecule has 8 nitrogen and oxygen atoms in total. The normalized spacial score (nSPS) is 23.8. The van der Waals surface area contributed by atoms with E-state index >= 15 is 0 Å². The number of carbonyl (C=O) groups excluding carboxylic acids is 2. The maximum absolute atomic E-state index is 14.7. The summed E-state index contributed by atoms with van der Waals surface area (Å²) in [7, 11) is 3.56. The number of ether oxygens (including phenoxy) is 1. The number of rotatable bonds is 7. The Labute approximate surface area is 190 Å². The lowest BCUT2D eigenvalue weighted by Crippen LogP contribution is -2.45. The summed E-state index contributed by atoms with van der Waals surface area (Å²) >= 11 is 0. The fourth-order valence-corrected chi connectivity index (χ4v) is 4.55. The van der Waals surface area contributed by atoms with Crippen molar-refractivity contribution in [3.8, 4) is 0 Å². The molecule has 3 atom stereocenters. The number of urea groups is 1. The minimum atomic E-state index is -0.367. The minimum absolute atomic E-state index is 0.0403. The summed E-state index contributed by atoms with van der Waals surface area (Å²) in [6.07, 6.45) is 2.72. The number of nitrogens with zero attached hydrogens (tertiary/aromatic N) is 3. The van der Waals surface area contributed by atoms with Crippen molar-refractivity contribution < 1.29 is 18.7 Å². The lowest BCUT2D eigenvalue weighted by atomic mass is 10.2. The highest BCUT2D eigenvalue weighted by molar-refractivity contribution is 5.89. The first-order chi connectivity index (χ1) is 15.2. The molecule has 1 aromatic rings. The molecule has 0 aromatic heterocycles. The molecule has 0 radical (unpaired) electrons. The predicted molar refractivity (Wildman–Crippen MR) is 124 cm³/mol. The number of benzene rings is 1. The minimum Gasteiger partial charge on any atom is -0.372 e. The van der Waals surface area contributed by atoms with E-state index in [-0.39, 0.29) is 36.0 Å². The molecule has 2 heterocycles. The summed E-state index contributed by atoms with van der Waals surface area (Å²) in [5.41, 5.74) is 0.930. The highest BCUT2D eigenvalue weighted by Gasteiger charge is 2.31. The molecule has 32 heavy (non-hydrogen) atoms. The van der Waals surface area contributed by atoms with Gasteiger partial charge in [0.2, 0.25) is 5.91 Å². The zero-order chi connectivity index (χ0) is 23.3. The van der Waals surface area contributed by atoms with Crippen molar-refractivity contribution in [1.29, 1.82) is 0 Å². The number of hydrogen-bond donors (Lipinski definition) is 2. The van der Waals surface area contributed by atoms with Crippen molar-refractivity contribution in [2.75, 3.05) is 57.0 Å². The van der Waals surface area contributed by atoms with Gasteiger partial charge in [-0.1, -0.05) is 0 Å². The molecule has 2 aliphatic rings. The van der Waals surface area contributed by atoms with E-state index in [0.717, 1.165) is 32.4 Å². The molecule has 0 saturated carbocycles. The van der Waals surface area contributed by atoms with Crippen molar-refractivity contribution in [2.45, 2.75) is 51.4 Å². The predicted octanol–water partition coefficient (Wildman–Crippen LogP) is 2.50. The standard InChI is InChI=1S/C23H36FN5O3/c1-16-14-29(15-17(2)32-16)20-9-8-18(13-19(20)24)26-23(31)25-10-6-12-28-11-5-7-21(28)22(30)27(3)4/h8-9,13,16-17,21H,5-7,10-12,14-15H2,1-4H3,(H2,25,26,31). The van der Waals surface area contributed by atoms with Crippen LogP contribution in [0.3, 0.4) is 0 Å². The van der Waals surface area contributed by atoms with Gasteiger partial charge < -0.3 is 25.2 Å². The van der Waals surface area contributed by atoms with Crippen LogP contribution in [0.25, 0.3) is 0 Å². The largest absolute Gasteiger partial charge is 0.372 e. The topological polar surface area (TPSA) is 77.2 Å². The van der Waals surface area contributed by atoms with E-state index in [1.54, 1.807) is 31.1 Å². The number of anilines is 2. The van der Waals surface area contributed by atoms with Crippen LogP contribution in [0.2, 0.25) is 0 Å². The van der Waals surface area contributed by atoms with Crippen molar-refractivity contribution in [3.63, 3.8) is 0 Å². The van der Waals surface area contributed by atoms with Gasteiger partial charge in [0.1, 0.15) is 5.82 Å². The van der Waals surface area contributed by atoms with Crippen LogP contribution in [0.4, 0.5) is 20.6 Å². The highest BCUT2D eigenvalue weighted by atomic mass is 19.1. The van der Waals surface area contributed by atoms with Crippen molar-refractivity contribution >= 4 is 23.3 Å². The molecule has 0 spiro atoms. The average Bonchev–Trinajstić information content (AvgIpc) is 3.18. The molecule has 2 aliphatic heterocycles. The molecule has 1 aromatic carbocycles. The van der Waals surface area contributed by atoms with Crippen LogP contribution >= 0.6 is 0 Å². The number of likely N-dealkylation sites (tertiary alicyclic amines) is 1. The van der Waals surface area contributed by atoms with Crippen LogP contribution in [-0.2, 0) is 9.53 Å². The van der Waals surface area contributed by atoms with Gasteiger partial charge in [-0.25, -0.2) is 9.18 Å². The third-order valence-corrected chi connectivity index (χ3v) is 5.96. The Balaban J connectivity index is 1.43. The molecule has 2 fully saturated rings. The van der Waals surface area contributed by atoms with Gasteiger partial charge in [-0.15, -0.1) is 0 Å². The zero-order valence-electron chi connectivity index (χ0n) is 19.6. The fraction of sp³-hybridized carbons (Fsp3) is 0.652. The first kappa shape index (κ1) is 24.3. The smallest absolute Gasteiger partial charge is 0.319 e. The molecule has 178 valence electrons. The molecule has 2 N–H and O–H groups in total. The van der Waals surface area contributed by atoms with E-state index in [4.69, 9.17) is 4.74 Å². The van der Waals surface area contributed by atoms with Crippen molar-refractivity contribution in [1.82, 2.24) is 15.1 Å². The van der Waals surface area contributed by atoms with Gasteiger partial charge in [-0.05, 0) is 57.9 Å². The quantitative estimate of drug-likeness (QED) is 0.626. The van der Waals surface area contributed by atoms with Crippen molar-refractivity contribution in [2.24, 2.45) is 0 Å². The molecule has 3 unspecified atom stereocenters. The monoisotopic (exact) mass is 449 g/mol. The van der Waals surface area contributed by atoms with Crippen LogP contribution in [-0.4, -0.2) is 86.8 Å². The Morgan fingerprint density at radius 2 is 1.94 bits per heavy atom. The van der Waals surface area contributed by atoms with Crippen LogP contribution < -0.4 is 15.5 Å². The lowest BCUT2D eigenvalue weighted by molar-refractivity contribution is -0.133. The highest BCUT2D eigenvalue weighted by Crippen LogP contribution is 2.26. The van der Waals surface area contributed by atoms with Gasteiger partial charge in [-0.2, -0.15) is 0 Å². The number of hydrogen-bond acceptors (Lipinski definition) is 5. The van der Waals surface area contributed by atoms with Crippen LogP contribution in [0.15, 0.2) is 18.2 Å². The van der Waals surface area contributed by atoms with Gasteiger partial charge in [0, 0.05) is 46.0 Å². The molecular formula is C23H36FN5O3. The summed E-state index contributed by atoms with van der Waals surface area (Å²) in [6, 6.07) is 4.34. The number of nitrogens with one attached hydrogen (secondary N) is 2. The first-order valence-electron chi connectivity index (χ1n) is 11.4. The first-order valence-corrected chi connectivity index (χ1v) is 11.4. The number of carbonyl (C=O) groups is 2. The van der Waals surface area contributed by atoms with Gasteiger partial charge in [0.15, 0.2) is 0 Å². The van der Waals surface area contributed by atoms with Gasteiger partial charge in [0.25, 0.3) is 0 Å². The number of halogens is 1. The number of amides is 3. The van der Waals surface area contributed by atoms with E-state index in [9.17, 15) is 14.0 Å². The SMILES string of the molecule is CC1CN(c2ccc(NC(=O)NCCCN3CCCC3C(=O)N(C)C)cc2F)CC(C)O1. The lowest BCUT2D eigenvalue weighted by Gasteiger charge is -2.37. The Morgan fingerprint density at radius 3 is 2.59 bits per heavy atom. The van der Waals surface area contributed by atoms with Crippen molar-refractivity contribution in [3.05, 3.63) is 24.0 Å². The summed E-state index contributed by atoms with van der Waals surface area (Å²) in [5.74, 6) is -0.227. The molecular weight excluding hydrogens is 413 g/mol. The molecule has 9 heteroatoms. The van der Waals surface area contributed by atoms with Gasteiger partial charge in [0.05, 0.1) is 23.9 Å². The maximum atomic E-state index is 14.7. The second kappa shape index (κ2) is 11.0. The van der Waals surface area contributed by atoms with E-state index < -0.39 is 0 Å². The summed E-state index contributed by atoms with van der Waals surface area (Å²) in [6.45, 7) is 7.36. The maximum Gasteiger partial charge on any atom is 0.319 e. The van der Waals surface area contributed by atoms with Gasteiger partial charge in [-0.3, -0.25) is 9.69 Å². The van der Waals surface area contributed by atoms with Gasteiger partial charge >= 0.3 is 6.03 Å². The second-order valence-electron chi connectivity index (χ2n) is 8.99. The third-order valence-electron chi connectivity index (χ3n) is 5.96.